The van der Waals surface area contributed by atoms with Gasteiger partial charge < -0.3 is 10.0 Å². The molecule has 0 bridgehead atoms. The molecule has 1 aromatic carbocycles. The summed E-state index contributed by atoms with van der Waals surface area (Å²) in [5, 5.41) is 12.2. The summed E-state index contributed by atoms with van der Waals surface area (Å²) in [6.45, 7) is 1.70. The highest BCUT2D eigenvalue weighted by Gasteiger charge is 2.19. The highest BCUT2D eigenvalue weighted by atomic mass is 35.5. The molecule has 1 atom stereocenters. The molecule has 1 unspecified atom stereocenters. The van der Waals surface area contributed by atoms with Crippen molar-refractivity contribution in [3.63, 3.8) is 0 Å². The number of benzene rings is 1. The van der Waals surface area contributed by atoms with Crippen molar-refractivity contribution in [2.45, 2.75) is 13.0 Å². The van der Waals surface area contributed by atoms with Gasteiger partial charge in [-0.1, -0.05) is 23.7 Å². The molecule has 2 rings (SSSR count). The molecule has 0 fully saturated rings. The van der Waals surface area contributed by atoms with E-state index in [9.17, 15) is 4.79 Å². The number of rotatable bonds is 4. The maximum Gasteiger partial charge on any atom is 0.273 e. The third-order valence-electron chi connectivity index (χ3n) is 3.04. The van der Waals surface area contributed by atoms with Crippen LogP contribution in [0, 0.1) is 0 Å². The molecule has 0 aliphatic carbocycles. The molecule has 20 heavy (non-hydrogen) atoms. The second-order valence-corrected chi connectivity index (χ2v) is 5.79. The summed E-state index contributed by atoms with van der Waals surface area (Å²) in [4.78, 5) is 18.0. The summed E-state index contributed by atoms with van der Waals surface area (Å²) in [5.74, 6) is -0.198. The first-order valence-electron chi connectivity index (χ1n) is 6.12. The molecule has 0 spiro atoms. The van der Waals surface area contributed by atoms with Gasteiger partial charge in [0.25, 0.3) is 5.91 Å². The molecule has 0 saturated heterocycles. The lowest BCUT2D eigenvalue weighted by Crippen LogP contribution is -2.37. The van der Waals surface area contributed by atoms with E-state index in [2.05, 4.69) is 4.98 Å². The Morgan fingerprint density at radius 3 is 2.95 bits per heavy atom. The first-order valence-corrected chi connectivity index (χ1v) is 7.38. The van der Waals surface area contributed by atoms with Crippen LogP contribution in [0.25, 0.3) is 10.6 Å². The van der Waals surface area contributed by atoms with Gasteiger partial charge in [0.15, 0.2) is 0 Å². The van der Waals surface area contributed by atoms with E-state index in [0.717, 1.165) is 10.6 Å². The number of thiazole rings is 1. The molecule has 1 heterocycles. The highest BCUT2D eigenvalue weighted by molar-refractivity contribution is 7.13. The molecule has 1 N–H and O–H groups in total. The number of halogens is 1. The molecule has 1 aromatic heterocycles. The molecule has 0 aliphatic rings. The standard InChI is InChI=1S/C14H15ClN2O2S/c1-9(7-18)17(2)14(19)12-8-20-13(16-12)10-4-3-5-11(15)6-10/h3-6,8-9,18H,7H2,1-2H3. The lowest BCUT2D eigenvalue weighted by molar-refractivity contribution is 0.0677. The Morgan fingerprint density at radius 1 is 1.55 bits per heavy atom. The van der Waals surface area contributed by atoms with Gasteiger partial charge in [-0.25, -0.2) is 4.98 Å². The van der Waals surface area contributed by atoms with Gasteiger partial charge in [-0.05, 0) is 19.1 Å². The van der Waals surface area contributed by atoms with Crippen LogP contribution in [0.4, 0.5) is 0 Å². The third kappa shape index (κ3) is 3.17. The second kappa shape index (κ2) is 6.35. The SMILES string of the molecule is CC(CO)N(C)C(=O)c1csc(-c2cccc(Cl)c2)n1. The fraction of sp³-hybridized carbons (Fsp3) is 0.286. The van der Waals surface area contributed by atoms with Crippen LogP contribution in [0.5, 0.6) is 0 Å². The van der Waals surface area contributed by atoms with Crippen molar-refractivity contribution in [3.8, 4) is 10.6 Å². The number of nitrogens with zero attached hydrogens (tertiary/aromatic N) is 2. The van der Waals surface area contributed by atoms with Gasteiger partial charge in [0, 0.05) is 23.0 Å². The Bertz CT molecular complexity index is 615. The fourth-order valence-electron chi connectivity index (χ4n) is 1.63. The predicted molar refractivity (Wildman–Crippen MR) is 81.2 cm³/mol. The molecule has 106 valence electrons. The Morgan fingerprint density at radius 2 is 2.30 bits per heavy atom. The smallest absolute Gasteiger partial charge is 0.273 e. The number of likely N-dealkylation sites (N-methyl/N-ethyl adjacent to an activating group) is 1. The summed E-state index contributed by atoms with van der Waals surface area (Å²) < 4.78 is 0. The monoisotopic (exact) mass is 310 g/mol. The Kier molecular flexibility index (Phi) is 4.75. The van der Waals surface area contributed by atoms with Crippen LogP contribution in [-0.4, -0.2) is 40.6 Å². The van der Waals surface area contributed by atoms with Gasteiger partial charge in [0.1, 0.15) is 10.7 Å². The van der Waals surface area contributed by atoms with Crippen LogP contribution in [-0.2, 0) is 0 Å². The summed E-state index contributed by atoms with van der Waals surface area (Å²) in [5.41, 5.74) is 1.27. The van der Waals surface area contributed by atoms with E-state index in [1.54, 1.807) is 25.4 Å². The number of aliphatic hydroxyl groups is 1. The third-order valence-corrected chi connectivity index (χ3v) is 4.17. The van der Waals surface area contributed by atoms with Crippen LogP contribution in [0.1, 0.15) is 17.4 Å². The number of aromatic nitrogens is 1. The molecule has 1 amide bonds. The van der Waals surface area contributed by atoms with Crippen molar-refractivity contribution in [1.29, 1.82) is 0 Å². The minimum Gasteiger partial charge on any atom is -0.394 e. The van der Waals surface area contributed by atoms with E-state index in [0.29, 0.717) is 10.7 Å². The van der Waals surface area contributed by atoms with Gasteiger partial charge in [0.05, 0.1) is 12.6 Å². The highest BCUT2D eigenvalue weighted by Crippen LogP contribution is 2.26. The number of hydrogen-bond donors (Lipinski definition) is 1. The van der Waals surface area contributed by atoms with Crippen molar-refractivity contribution in [3.05, 3.63) is 40.4 Å². The van der Waals surface area contributed by atoms with E-state index in [1.807, 2.05) is 18.2 Å². The Labute approximate surface area is 126 Å². The van der Waals surface area contributed by atoms with Crippen molar-refractivity contribution in [2.24, 2.45) is 0 Å². The number of amides is 1. The quantitative estimate of drug-likeness (QED) is 0.944. The summed E-state index contributed by atoms with van der Waals surface area (Å²) in [6, 6.07) is 7.12. The first kappa shape index (κ1) is 15.0. The molecular weight excluding hydrogens is 296 g/mol. The van der Waals surface area contributed by atoms with Crippen LogP contribution in [0.3, 0.4) is 0 Å². The Balaban J connectivity index is 2.23. The lowest BCUT2D eigenvalue weighted by atomic mass is 10.2. The average Bonchev–Trinajstić information content (AvgIpc) is 2.94. The first-order chi connectivity index (χ1) is 9.52. The van der Waals surface area contributed by atoms with Crippen LogP contribution >= 0.6 is 22.9 Å². The fourth-order valence-corrected chi connectivity index (χ4v) is 2.61. The Hall–Kier alpha value is -1.43. The lowest BCUT2D eigenvalue weighted by Gasteiger charge is -2.21. The van der Waals surface area contributed by atoms with Gasteiger partial charge in [-0.15, -0.1) is 11.3 Å². The van der Waals surface area contributed by atoms with E-state index in [-0.39, 0.29) is 18.6 Å². The van der Waals surface area contributed by atoms with Gasteiger partial charge in [-0.2, -0.15) is 0 Å². The van der Waals surface area contributed by atoms with E-state index in [4.69, 9.17) is 16.7 Å². The molecule has 0 radical (unpaired) electrons. The maximum absolute atomic E-state index is 12.2. The van der Waals surface area contributed by atoms with Crippen molar-refractivity contribution in [2.75, 3.05) is 13.7 Å². The molecular formula is C14H15ClN2O2S. The molecule has 0 saturated carbocycles. The minimum absolute atomic E-state index is 0.0759. The van der Waals surface area contributed by atoms with Gasteiger partial charge >= 0.3 is 0 Å². The largest absolute Gasteiger partial charge is 0.394 e. The van der Waals surface area contributed by atoms with E-state index < -0.39 is 0 Å². The van der Waals surface area contributed by atoms with Gasteiger partial charge in [0.2, 0.25) is 0 Å². The number of hydrogen-bond acceptors (Lipinski definition) is 4. The van der Waals surface area contributed by atoms with E-state index >= 15 is 0 Å². The molecule has 0 aliphatic heterocycles. The molecule has 6 heteroatoms. The molecule has 2 aromatic rings. The predicted octanol–water partition coefficient (Wildman–Crippen LogP) is 2.92. The van der Waals surface area contributed by atoms with Crippen molar-refractivity contribution >= 4 is 28.8 Å². The van der Waals surface area contributed by atoms with Crippen LogP contribution in [0.2, 0.25) is 5.02 Å². The topological polar surface area (TPSA) is 53.4 Å². The zero-order valence-electron chi connectivity index (χ0n) is 11.2. The normalized spacial score (nSPS) is 12.2. The summed E-state index contributed by atoms with van der Waals surface area (Å²) in [6.07, 6.45) is 0. The second-order valence-electron chi connectivity index (χ2n) is 4.50. The summed E-state index contributed by atoms with van der Waals surface area (Å²) >= 11 is 7.35. The van der Waals surface area contributed by atoms with Crippen molar-refractivity contribution in [1.82, 2.24) is 9.88 Å². The number of carbonyl (C=O) groups is 1. The van der Waals surface area contributed by atoms with Gasteiger partial charge in [-0.3, -0.25) is 4.79 Å². The summed E-state index contributed by atoms with van der Waals surface area (Å²) in [7, 11) is 1.65. The zero-order chi connectivity index (χ0) is 14.7. The zero-order valence-corrected chi connectivity index (χ0v) is 12.8. The molecule has 4 nitrogen and oxygen atoms in total. The van der Waals surface area contributed by atoms with Crippen molar-refractivity contribution < 1.29 is 9.90 Å². The number of carbonyl (C=O) groups excluding carboxylic acids is 1. The van der Waals surface area contributed by atoms with E-state index in [1.165, 1.54) is 16.2 Å². The number of aliphatic hydroxyl groups excluding tert-OH is 1. The average molecular weight is 311 g/mol. The van der Waals surface area contributed by atoms with Crippen LogP contribution in [0.15, 0.2) is 29.6 Å². The van der Waals surface area contributed by atoms with Crippen LogP contribution < -0.4 is 0 Å². The minimum atomic E-state index is -0.237. The maximum atomic E-state index is 12.2.